The summed E-state index contributed by atoms with van der Waals surface area (Å²) >= 11 is 0. The molecule has 90 valence electrons. The van der Waals surface area contributed by atoms with Crippen LogP contribution in [0.4, 0.5) is 0 Å². The zero-order chi connectivity index (χ0) is 11.7. The fourth-order valence-corrected chi connectivity index (χ4v) is 0.949. The topological polar surface area (TPSA) is 64.3 Å². The van der Waals surface area contributed by atoms with Crippen LogP contribution >= 0.6 is 0 Å². The van der Waals surface area contributed by atoms with Crippen LogP contribution in [0.5, 0.6) is 0 Å². The largest absolute Gasteiger partial charge is 0.380 e. The second kappa shape index (κ2) is 8.68. The molecular weight excluding hydrogens is 192 g/mol. The van der Waals surface area contributed by atoms with Crippen molar-refractivity contribution in [3.05, 3.63) is 0 Å². The fourth-order valence-electron chi connectivity index (χ4n) is 0.949. The fraction of sp³-hybridized carbons (Fsp3) is 0.909. The van der Waals surface area contributed by atoms with E-state index >= 15 is 0 Å². The molecule has 0 saturated heterocycles. The summed E-state index contributed by atoms with van der Waals surface area (Å²) in [6.07, 6.45) is 1.06. The van der Waals surface area contributed by atoms with Gasteiger partial charge < -0.3 is 15.8 Å². The maximum atomic E-state index is 11.3. The van der Waals surface area contributed by atoms with Gasteiger partial charge in [-0.2, -0.15) is 0 Å². The molecule has 4 heteroatoms. The zero-order valence-electron chi connectivity index (χ0n) is 10.1. The smallest absolute Gasteiger partial charge is 0.224 e. The maximum absolute atomic E-state index is 11.3. The van der Waals surface area contributed by atoms with Crippen LogP contribution in [-0.4, -0.2) is 32.2 Å². The normalized spacial score (nSPS) is 12.9. The van der Waals surface area contributed by atoms with Crippen molar-refractivity contribution in [2.45, 2.75) is 27.2 Å². The molecule has 1 unspecified atom stereocenters. The molecule has 0 aliphatic heterocycles. The molecular formula is C11H24N2O2. The van der Waals surface area contributed by atoms with Crippen LogP contribution < -0.4 is 11.1 Å². The monoisotopic (exact) mass is 216 g/mol. The van der Waals surface area contributed by atoms with E-state index < -0.39 is 0 Å². The number of ether oxygens (including phenoxy) is 1. The summed E-state index contributed by atoms with van der Waals surface area (Å²) in [5, 5.41) is 2.78. The van der Waals surface area contributed by atoms with E-state index in [-0.39, 0.29) is 11.8 Å². The number of rotatable bonds is 8. The number of hydrogen-bond donors (Lipinski definition) is 2. The Balaban J connectivity index is 3.27. The first-order valence-corrected chi connectivity index (χ1v) is 5.63. The first-order valence-electron chi connectivity index (χ1n) is 5.63. The van der Waals surface area contributed by atoms with Gasteiger partial charge in [-0.15, -0.1) is 0 Å². The average molecular weight is 216 g/mol. The molecule has 0 heterocycles. The molecule has 0 fully saturated rings. The lowest BCUT2D eigenvalue weighted by Gasteiger charge is -2.10. The summed E-state index contributed by atoms with van der Waals surface area (Å²) in [6.45, 7) is 8.44. The molecule has 0 spiro atoms. The van der Waals surface area contributed by atoms with Crippen LogP contribution in [0.3, 0.4) is 0 Å². The Morgan fingerprint density at radius 3 is 2.53 bits per heavy atom. The van der Waals surface area contributed by atoms with Gasteiger partial charge in [-0.25, -0.2) is 0 Å². The number of carbonyl (C=O) groups excluding carboxylic acids is 1. The molecule has 0 aromatic carbocycles. The Bertz CT molecular complexity index is 172. The Labute approximate surface area is 92.6 Å². The molecule has 0 bridgehead atoms. The van der Waals surface area contributed by atoms with Gasteiger partial charge in [0.2, 0.25) is 5.91 Å². The lowest BCUT2D eigenvalue weighted by Crippen LogP contribution is -2.35. The van der Waals surface area contributed by atoms with E-state index in [1.165, 1.54) is 0 Å². The van der Waals surface area contributed by atoms with E-state index in [0.29, 0.717) is 25.6 Å². The summed E-state index contributed by atoms with van der Waals surface area (Å²) < 4.78 is 5.36. The highest BCUT2D eigenvalue weighted by molar-refractivity contribution is 5.78. The van der Waals surface area contributed by atoms with Gasteiger partial charge >= 0.3 is 0 Å². The van der Waals surface area contributed by atoms with Crippen LogP contribution in [-0.2, 0) is 9.53 Å². The Hall–Kier alpha value is -0.610. The van der Waals surface area contributed by atoms with Gasteiger partial charge in [0, 0.05) is 25.6 Å². The second-order valence-corrected chi connectivity index (χ2v) is 4.22. The van der Waals surface area contributed by atoms with Gasteiger partial charge in [0.1, 0.15) is 0 Å². The van der Waals surface area contributed by atoms with Crippen LogP contribution in [0.15, 0.2) is 0 Å². The minimum Gasteiger partial charge on any atom is -0.380 e. The number of amides is 1. The quantitative estimate of drug-likeness (QED) is 0.589. The highest BCUT2D eigenvalue weighted by atomic mass is 16.5. The molecule has 0 radical (unpaired) electrons. The third kappa shape index (κ3) is 8.39. The molecule has 0 rings (SSSR count). The van der Waals surface area contributed by atoms with Gasteiger partial charge in [0.05, 0.1) is 6.61 Å². The van der Waals surface area contributed by atoms with E-state index in [2.05, 4.69) is 19.2 Å². The van der Waals surface area contributed by atoms with Crippen molar-refractivity contribution in [2.24, 2.45) is 17.6 Å². The molecule has 4 nitrogen and oxygen atoms in total. The average Bonchev–Trinajstić information content (AvgIpc) is 2.21. The van der Waals surface area contributed by atoms with Gasteiger partial charge in [0.15, 0.2) is 0 Å². The number of nitrogens with two attached hydrogens (primary N) is 1. The van der Waals surface area contributed by atoms with Crippen LogP contribution in [0.25, 0.3) is 0 Å². The van der Waals surface area contributed by atoms with Gasteiger partial charge in [0.25, 0.3) is 0 Å². The van der Waals surface area contributed by atoms with Gasteiger partial charge in [-0.05, 0) is 12.3 Å². The molecule has 0 aliphatic carbocycles. The lowest BCUT2D eigenvalue weighted by molar-refractivity contribution is -0.124. The van der Waals surface area contributed by atoms with E-state index in [1.54, 1.807) is 0 Å². The minimum absolute atomic E-state index is 0.00459. The molecule has 3 N–H and O–H groups in total. The lowest BCUT2D eigenvalue weighted by atomic mass is 10.1. The van der Waals surface area contributed by atoms with E-state index in [0.717, 1.165) is 13.0 Å². The van der Waals surface area contributed by atoms with Crippen LogP contribution in [0, 0.1) is 11.8 Å². The van der Waals surface area contributed by atoms with E-state index in [4.69, 9.17) is 10.5 Å². The number of hydrogen-bond acceptors (Lipinski definition) is 3. The Kier molecular flexibility index (Phi) is 8.33. The summed E-state index contributed by atoms with van der Waals surface area (Å²) in [5.74, 6) is 0.558. The van der Waals surface area contributed by atoms with Crippen molar-refractivity contribution in [1.82, 2.24) is 5.32 Å². The second-order valence-electron chi connectivity index (χ2n) is 4.22. The van der Waals surface area contributed by atoms with Crippen molar-refractivity contribution in [2.75, 3.05) is 26.3 Å². The minimum atomic E-state index is -0.110. The zero-order valence-corrected chi connectivity index (χ0v) is 10.1. The van der Waals surface area contributed by atoms with Gasteiger partial charge in [-0.3, -0.25) is 4.79 Å². The maximum Gasteiger partial charge on any atom is 0.224 e. The first kappa shape index (κ1) is 14.4. The van der Waals surface area contributed by atoms with Crippen molar-refractivity contribution >= 4 is 5.91 Å². The van der Waals surface area contributed by atoms with Crippen molar-refractivity contribution in [1.29, 1.82) is 0 Å². The highest BCUT2D eigenvalue weighted by Gasteiger charge is 2.08. The van der Waals surface area contributed by atoms with Crippen molar-refractivity contribution in [3.63, 3.8) is 0 Å². The van der Waals surface area contributed by atoms with Crippen LogP contribution in [0.1, 0.15) is 27.2 Å². The number of carbonyl (C=O) groups is 1. The SMILES string of the molecule is CC(C)CCOCCNC(=O)C(C)CN. The molecule has 15 heavy (non-hydrogen) atoms. The summed E-state index contributed by atoms with van der Waals surface area (Å²) in [7, 11) is 0. The third-order valence-electron chi connectivity index (χ3n) is 2.19. The Morgan fingerprint density at radius 2 is 2.00 bits per heavy atom. The Morgan fingerprint density at radius 1 is 1.33 bits per heavy atom. The standard InChI is InChI=1S/C11H24N2O2/c1-9(2)4-6-15-7-5-13-11(14)10(3)8-12/h9-10H,4-8,12H2,1-3H3,(H,13,14). The third-order valence-corrected chi connectivity index (χ3v) is 2.19. The molecule has 0 saturated carbocycles. The molecule has 1 atom stereocenters. The van der Waals surface area contributed by atoms with Crippen LogP contribution in [0.2, 0.25) is 0 Å². The first-order chi connectivity index (χ1) is 7.07. The highest BCUT2D eigenvalue weighted by Crippen LogP contribution is 1.98. The van der Waals surface area contributed by atoms with E-state index in [1.807, 2.05) is 6.92 Å². The summed E-state index contributed by atoms with van der Waals surface area (Å²) in [4.78, 5) is 11.3. The van der Waals surface area contributed by atoms with Gasteiger partial charge in [-0.1, -0.05) is 20.8 Å². The molecule has 0 aliphatic rings. The van der Waals surface area contributed by atoms with Crippen molar-refractivity contribution in [3.8, 4) is 0 Å². The molecule has 1 amide bonds. The van der Waals surface area contributed by atoms with Crippen molar-refractivity contribution < 1.29 is 9.53 Å². The summed E-state index contributed by atoms with van der Waals surface area (Å²) in [5.41, 5.74) is 5.37. The number of nitrogens with one attached hydrogen (secondary N) is 1. The van der Waals surface area contributed by atoms with E-state index in [9.17, 15) is 4.79 Å². The predicted molar refractivity (Wildman–Crippen MR) is 61.5 cm³/mol. The molecule has 0 aromatic heterocycles. The molecule has 0 aromatic rings. The predicted octanol–water partition coefficient (Wildman–Crippen LogP) is 0.760. The summed E-state index contributed by atoms with van der Waals surface area (Å²) in [6, 6.07) is 0.